The molecule has 2 amide bonds. The van der Waals surface area contributed by atoms with Crippen molar-refractivity contribution in [2.75, 3.05) is 56.3 Å². The molecule has 3 aromatic rings. The number of nitrogens with one attached hydrogen (secondary N) is 1. The van der Waals surface area contributed by atoms with Gasteiger partial charge in [0.1, 0.15) is 5.75 Å². The number of ether oxygens (including phenoxy) is 2. The number of anilines is 2. The smallest absolute Gasteiger partial charge is 0.265 e. The number of rotatable bonds is 8. The molecule has 0 spiro atoms. The van der Waals surface area contributed by atoms with Gasteiger partial charge in [0, 0.05) is 32.4 Å². The first-order valence-electron chi connectivity index (χ1n) is 13.3. The van der Waals surface area contributed by atoms with Gasteiger partial charge in [0.15, 0.2) is 6.61 Å². The van der Waals surface area contributed by atoms with Crippen molar-refractivity contribution in [3.63, 3.8) is 0 Å². The van der Waals surface area contributed by atoms with Crippen LogP contribution in [0.5, 0.6) is 5.75 Å². The molecule has 2 aliphatic rings. The molecule has 2 heterocycles. The molecule has 0 bridgehead atoms. The molecule has 0 aliphatic carbocycles. The van der Waals surface area contributed by atoms with Crippen LogP contribution in [0.3, 0.4) is 0 Å². The highest BCUT2D eigenvalue weighted by Gasteiger charge is 2.35. The Kier molecular flexibility index (Phi) is 8.05. The summed E-state index contributed by atoms with van der Waals surface area (Å²) in [5, 5.41) is 3.44. The van der Waals surface area contributed by atoms with Crippen LogP contribution in [0, 0.1) is 5.92 Å². The monoisotopic (exact) mass is 513 g/mol. The highest BCUT2D eigenvalue weighted by Crippen LogP contribution is 2.38. The fourth-order valence-corrected chi connectivity index (χ4v) is 5.55. The van der Waals surface area contributed by atoms with Crippen LogP contribution in [0.2, 0.25) is 0 Å². The maximum atomic E-state index is 14.1. The van der Waals surface area contributed by atoms with Crippen LogP contribution in [-0.2, 0) is 14.3 Å². The summed E-state index contributed by atoms with van der Waals surface area (Å²) < 4.78 is 10.9. The van der Waals surface area contributed by atoms with Crippen molar-refractivity contribution in [3.8, 4) is 16.9 Å². The van der Waals surface area contributed by atoms with Crippen LogP contribution in [0.1, 0.15) is 24.8 Å². The minimum atomic E-state index is -0.201. The maximum absolute atomic E-state index is 14.1. The van der Waals surface area contributed by atoms with Gasteiger partial charge in [-0.05, 0) is 60.7 Å². The molecule has 5 rings (SSSR count). The second kappa shape index (κ2) is 11.8. The van der Waals surface area contributed by atoms with Crippen LogP contribution >= 0.6 is 0 Å². The number of hydrogen-bond acceptors (Lipinski definition) is 5. The molecular formula is C31H35N3O4. The lowest BCUT2D eigenvalue weighted by molar-refractivity contribution is -0.123. The number of amides is 2. The predicted octanol–water partition coefficient (Wildman–Crippen LogP) is 4.47. The Labute approximate surface area is 224 Å². The number of carbonyl (C=O) groups excluding carboxylic acids is 2. The molecule has 1 N–H and O–H groups in total. The van der Waals surface area contributed by atoms with Crippen molar-refractivity contribution in [1.29, 1.82) is 0 Å². The van der Waals surface area contributed by atoms with E-state index in [1.165, 1.54) is 11.1 Å². The van der Waals surface area contributed by atoms with Gasteiger partial charge < -0.3 is 24.6 Å². The van der Waals surface area contributed by atoms with Gasteiger partial charge >= 0.3 is 0 Å². The quantitative estimate of drug-likeness (QED) is 0.481. The zero-order chi connectivity index (χ0) is 26.5. The topological polar surface area (TPSA) is 71.1 Å². The Morgan fingerprint density at radius 3 is 2.68 bits per heavy atom. The fraction of sp³-hybridized carbons (Fsp3) is 0.355. The van der Waals surface area contributed by atoms with E-state index < -0.39 is 0 Å². The predicted molar refractivity (Wildman–Crippen MR) is 150 cm³/mol. The average molecular weight is 514 g/mol. The minimum absolute atomic E-state index is 0.00392. The number of carbonyl (C=O) groups is 2. The van der Waals surface area contributed by atoms with E-state index in [9.17, 15) is 9.59 Å². The third-order valence-electron chi connectivity index (χ3n) is 7.52. The molecule has 0 saturated carbocycles. The van der Waals surface area contributed by atoms with Crippen LogP contribution in [0.4, 0.5) is 11.4 Å². The lowest BCUT2D eigenvalue weighted by Crippen LogP contribution is -2.46. The van der Waals surface area contributed by atoms with Crippen LogP contribution in [0.15, 0.2) is 72.8 Å². The van der Waals surface area contributed by atoms with Crippen molar-refractivity contribution in [1.82, 2.24) is 5.32 Å². The van der Waals surface area contributed by atoms with E-state index in [-0.39, 0.29) is 30.3 Å². The molecule has 1 saturated heterocycles. The molecule has 2 atom stereocenters. The van der Waals surface area contributed by atoms with Gasteiger partial charge in [-0.1, -0.05) is 54.6 Å². The number of fused-ring (bicyclic) bond motifs is 1. The summed E-state index contributed by atoms with van der Waals surface area (Å²) in [7, 11) is 1.61. The standard InChI is InChI=1S/C31H35N3O4/c1-3-33(25-12-13-29-28(19-25)34(16-17-37-2)30(35)21-38-29)31(36)27-20-32-15-14-26(27)24-11-7-10-23(18-24)22-8-5-4-6-9-22/h4-13,18-19,26-27,32H,3,14-17,20-21H2,1-2H3/t26-,27+/m1/s1. The first-order chi connectivity index (χ1) is 18.6. The molecule has 198 valence electrons. The largest absolute Gasteiger partial charge is 0.482 e. The van der Waals surface area contributed by atoms with Crippen molar-refractivity contribution >= 4 is 23.2 Å². The van der Waals surface area contributed by atoms with Crippen LogP contribution in [-0.4, -0.2) is 58.3 Å². The number of piperidine rings is 1. The van der Waals surface area contributed by atoms with Crippen LogP contribution < -0.4 is 19.9 Å². The molecule has 0 unspecified atom stereocenters. The van der Waals surface area contributed by atoms with E-state index in [1.54, 1.807) is 12.0 Å². The van der Waals surface area contributed by atoms with Gasteiger partial charge in [-0.15, -0.1) is 0 Å². The summed E-state index contributed by atoms with van der Waals surface area (Å²) >= 11 is 0. The van der Waals surface area contributed by atoms with Gasteiger partial charge in [-0.3, -0.25) is 9.59 Å². The third-order valence-corrected chi connectivity index (χ3v) is 7.52. The third kappa shape index (κ3) is 5.30. The summed E-state index contributed by atoms with van der Waals surface area (Å²) in [6, 6.07) is 24.6. The van der Waals surface area contributed by atoms with E-state index in [4.69, 9.17) is 9.47 Å². The van der Waals surface area contributed by atoms with Gasteiger partial charge in [-0.2, -0.15) is 0 Å². The van der Waals surface area contributed by atoms with E-state index in [1.807, 2.05) is 48.2 Å². The van der Waals surface area contributed by atoms with Gasteiger partial charge in [0.2, 0.25) is 5.91 Å². The van der Waals surface area contributed by atoms with Crippen molar-refractivity contribution < 1.29 is 19.1 Å². The van der Waals surface area contributed by atoms with Crippen molar-refractivity contribution in [2.24, 2.45) is 5.92 Å². The summed E-state index contributed by atoms with van der Waals surface area (Å²) in [5.74, 6) is 0.524. The fourth-order valence-electron chi connectivity index (χ4n) is 5.55. The summed E-state index contributed by atoms with van der Waals surface area (Å²) in [6.45, 7) is 4.88. The number of methoxy groups -OCH3 is 1. The van der Waals surface area contributed by atoms with Gasteiger partial charge in [0.05, 0.1) is 18.2 Å². The second-order valence-corrected chi connectivity index (χ2v) is 9.76. The van der Waals surface area contributed by atoms with Gasteiger partial charge in [-0.25, -0.2) is 0 Å². The first kappa shape index (κ1) is 25.9. The highest BCUT2D eigenvalue weighted by molar-refractivity contribution is 6.00. The Hall–Kier alpha value is -3.68. The van der Waals surface area contributed by atoms with Crippen molar-refractivity contribution in [2.45, 2.75) is 19.3 Å². The molecule has 3 aromatic carbocycles. The van der Waals surface area contributed by atoms with E-state index in [0.717, 1.165) is 24.2 Å². The van der Waals surface area contributed by atoms with Gasteiger partial charge in [0.25, 0.3) is 5.91 Å². The summed E-state index contributed by atoms with van der Waals surface area (Å²) in [5.41, 5.74) is 4.97. The normalized spacial score (nSPS) is 19.0. The Bertz CT molecular complexity index is 1280. The lowest BCUT2D eigenvalue weighted by Gasteiger charge is -2.36. The number of nitrogens with zero attached hydrogens (tertiary/aromatic N) is 2. The molecule has 7 nitrogen and oxygen atoms in total. The Balaban J connectivity index is 1.43. The number of benzene rings is 3. The lowest BCUT2D eigenvalue weighted by atomic mass is 9.79. The molecule has 0 aromatic heterocycles. The van der Waals surface area contributed by atoms with E-state index in [2.05, 4.69) is 41.7 Å². The molecule has 1 fully saturated rings. The highest BCUT2D eigenvalue weighted by atomic mass is 16.5. The zero-order valence-corrected chi connectivity index (χ0v) is 22.1. The van der Waals surface area contributed by atoms with Crippen molar-refractivity contribution in [3.05, 3.63) is 78.4 Å². The van der Waals surface area contributed by atoms with Crippen LogP contribution in [0.25, 0.3) is 11.1 Å². The summed E-state index contributed by atoms with van der Waals surface area (Å²) in [4.78, 5) is 30.2. The minimum Gasteiger partial charge on any atom is -0.482 e. The first-order valence-corrected chi connectivity index (χ1v) is 13.3. The summed E-state index contributed by atoms with van der Waals surface area (Å²) in [6.07, 6.45) is 0.892. The van der Waals surface area contributed by atoms with E-state index >= 15 is 0 Å². The number of hydrogen-bond donors (Lipinski definition) is 1. The molecular weight excluding hydrogens is 478 g/mol. The van der Waals surface area contributed by atoms with E-state index in [0.29, 0.717) is 37.7 Å². The molecule has 38 heavy (non-hydrogen) atoms. The molecule has 0 radical (unpaired) electrons. The second-order valence-electron chi connectivity index (χ2n) is 9.76. The maximum Gasteiger partial charge on any atom is 0.265 e. The molecule has 7 heteroatoms. The Morgan fingerprint density at radius 2 is 1.89 bits per heavy atom. The SMILES string of the molecule is CCN(C(=O)[C@H]1CNCC[C@@H]1c1cccc(-c2ccccc2)c1)c1ccc2c(c1)N(CCOC)C(=O)CO2. The molecule has 2 aliphatic heterocycles. The Morgan fingerprint density at radius 1 is 1.08 bits per heavy atom. The zero-order valence-electron chi connectivity index (χ0n) is 22.1. The average Bonchev–Trinajstić information content (AvgIpc) is 2.97.